The fourth-order valence-electron chi connectivity index (χ4n) is 1.96. The number of hydrogen-bond acceptors (Lipinski definition) is 5. The van der Waals surface area contributed by atoms with Gasteiger partial charge in [0.25, 0.3) is 5.69 Å². The van der Waals surface area contributed by atoms with Crippen molar-refractivity contribution in [2.45, 2.75) is 0 Å². The zero-order valence-corrected chi connectivity index (χ0v) is 11.6. The van der Waals surface area contributed by atoms with Crippen LogP contribution >= 0.6 is 15.9 Å². The smallest absolute Gasteiger partial charge is 0.292 e. The van der Waals surface area contributed by atoms with Crippen LogP contribution in [0.25, 0.3) is 16.9 Å². The Morgan fingerprint density at radius 1 is 1.30 bits per heavy atom. The number of rotatable bonds is 2. The largest absolute Gasteiger partial charge is 0.393 e. The Morgan fingerprint density at radius 2 is 2.10 bits per heavy atom. The molecule has 0 aliphatic rings. The van der Waals surface area contributed by atoms with Crippen LogP contribution in [0.4, 0.5) is 11.4 Å². The maximum atomic E-state index is 11.0. The predicted molar refractivity (Wildman–Crippen MR) is 77.2 cm³/mol. The first-order valence-electron chi connectivity index (χ1n) is 5.62. The van der Waals surface area contributed by atoms with Crippen molar-refractivity contribution in [3.8, 4) is 11.3 Å². The minimum atomic E-state index is -0.504. The van der Waals surface area contributed by atoms with Crippen molar-refractivity contribution in [1.82, 2.24) is 14.6 Å². The van der Waals surface area contributed by atoms with E-state index >= 15 is 0 Å². The summed E-state index contributed by atoms with van der Waals surface area (Å²) in [4.78, 5) is 14.6. The van der Waals surface area contributed by atoms with Crippen LogP contribution in [0.15, 0.2) is 41.1 Å². The van der Waals surface area contributed by atoms with Gasteiger partial charge in [-0.05, 0) is 34.1 Å². The second kappa shape index (κ2) is 4.57. The number of nitrogens with two attached hydrogens (primary N) is 1. The number of nitrogens with zero attached hydrogens (tertiary/aromatic N) is 4. The van der Waals surface area contributed by atoms with Crippen molar-refractivity contribution in [3.05, 3.63) is 51.2 Å². The molecular formula is C12H8BrN5O2. The molecule has 0 saturated carbocycles. The third kappa shape index (κ3) is 1.99. The summed E-state index contributed by atoms with van der Waals surface area (Å²) >= 11 is 3.21. The lowest BCUT2D eigenvalue weighted by molar-refractivity contribution is -0.383. The SMILES string of the molecule is Nc1ccc(-c2cccc3nc(Br)nn23)cc1[N+](=O)[O-]. The highest BCUT2D eigenvalue weighted by Crippen LogP contribution is 2.29. The maximum absolute atomic E-state index is 11.0. The van der Waals surface area contributed by atoms with Gasteiger partial charge in [-0.15, -0.1) is 5.10 Å². The molecule has 8 heteroatoms. The summed E-state index contributed by atoms with van der Waals surface area (Å²) in [6, 6.07) is 10.1. The fraction of sp³-hybridized carbons (Fsp3) is 0. The summed E-state index contributed by atoms with van der Waals surface area (Å²) < 4.78 is 2.06. The van der Waals surface area contributed by atoms with Crippen LogP contribution in [0.1, 0.15) is 0 Å². The van der Waals surface area contributed by atoms with Gasteiger partial charge < -0.3 is 5.73 Å². The van der Waals surface area contributed by atoms with E-state index in [1.54, 1.807) is 16.6 Å². The number of pyridine rings is 1. The summed E-state index contributed by atoms with van der Waals surface area (Å²) in [6.45, 7) is 0. The lowest BCUT2D eigenvalue weighted by Crippen LogP contribution is -1.98. The van der Waals surface area contributed by atoms with E-state index < -0.39 is 4.92 Å². The van der Waals surface area contributed by atoms with Crippen molar-refractivity contribution in [1.29, 1.82) is 0 Å². The van der Waals surface area contributed by atoms with Crippen molar-refractivity contribution < 1.29 is 4.92 Å². The molecule has 3 aromatic rings. The molecule has 0 radical (unpaired) electrons. The van der Waals surface area contributed by atoms with Crippen LogP contribution in [0.2, 0.25) is 0 Å². The average Bonchev–Trinajstić information content (AvgIpc) is 2.79. The van der Waals surface area contributed by atoms with E-state index in [0.29, 0.717) is 21.6 Å². The molecule has 0 fully saturated rings. The first kappa shape index (κ1) is 12.5. The molecule has 0 spiro atoms. The van der Waals surface area contributed by atoms with Gasteiger partial charge in [0.15, 0.2) is 5.65 Å². The minimum Gasteiger partial charge on any atom is -0.393 e. The number of benzene rings is 1. The standard InChI is InChI=1S/C12H8BrN5O2/c13-12-15-11-3-1-2-9(17(11)16-12)7-4-5-8(14)10(6-7)18(19)20/h1-6H,14H2. The molecule has 7 nitrogen and oxygen atoms in total. The fourth-order valence-corrected chi connectivity index (χ4v) is 2.30. The van der Waals surface area contributed by atoms with Crippen LogP contribution in [-0.4, -0.2) is 19.5 Å². The summed E-state index contributed by atoms with van der Waals surface area (Å²) in [5.41, 5.74) is 7.60. The van der Waals surface area contributed by atoms with Gasteiger partial charge in [0, 0.05) is 11.6 Å². The van der Waals surface area contributed by atoms with Gasteiger partial charge in [0.1, 0.15) is 5.69 Å². The number of nitro benzene ring substituents is 1. The van der Waals surface area contributed by atoms with Crippen LogP contribution in [0.3, 0.4) is 0 Å². The third-order valence-electron chi connectivity index (χ3n) is 2.86. The second-order valence-electron chi connectivity index (χ2n) is 4.09. The van der Waals surface area contributed by atoms with Crippen LogP contribution < -0.4 is 5.73 Å². The van der Waals surface area contributed by atoms with E-state index in [1.165, 1.54) is 12.1 Å². The van der Waals surface area contributed by atoms with E-state index in [1.807, 2.05) is 12.1 Å². The van der Waals surface area contributed by atoms with Crippen LogP contribution in [-0.2, 0) is 0 Å². The average molecular weight is 334 g/mol. The Labute approximate surface area is 121 Å². The summed E-state index contributed by atoms with van der Waals surface area (Å²) in [7, 11) is 0. The number of anilines is 1. The van der Waals surface area contributed by atoms with E-state index in [-0.39, 0.29) is 11.4 Å². The number of aromatic nitrogens is 3. The molecule has 3 rings (SSSR count). The first-order valence-corrected chi connectivity index (χ1v) is 6.41. The molecule has 2 N–H and O–H groups in total. The number of nitrogen functional groups attached to an aromatic ring is 1. The Bertz CT molecular complexity index is 830. The van der Waals surface area contributed by atoms with Gasteiger partial charge in [0.2, 0.25) is 4.73 Å². The van der Waals surface area contributed by atoms with Gasteiger partial charge in [-0.2, -0.15) is 0 Å². The third-order valence-corrected chi connectivity index (χ3v) is 3.19. The van der Waals surface area contributed by atoms with Crippen LogP contribution in [0, 0.1) is 10.1 Å². The van der Waals surface area contributed by atoms with Crippen molar-refractivity contribution in [2.75, 3.05) is 5.73 Å². The second-order valence-corrected chi connectivity index (χ2v) is 4.80. The minimum absolute atomic E-state index is 0.126. The van der Waals surface area contributed by atoms with Crippen molar-refractivity contribution in [3.63, 3.8) is 0 Å². The molecule has 0 aliphatic carbocycles. The number of hydrogen-bond donors (Lipinski definition) is 1. The summed E-state index contributed by atoms with van der Waals surface area (Å²) in [6.07, 6.45) is 0. The molecule has 0 atom stereocenters. The topological polar surface area (TPSA) is 99.3 Å². The summed E-state index contributed by atoms with van der Waals surface area (Å²) in [5, 5.41) is 15.2. The zero-order valence-electron chi connectivity index (χ0n) is 10.0. The normalized spacial score (nSPS) is 10.8. The monoisotopic (exact) mass is 333 g/mol. The lowest BCUT2D eigenvalue weighted by Gasteiger charge is -2.05. The molecule has 20 heavy (non-hydrogen) atoms. The molecule has 2 heterocycles. The van der Waals surface area contributed by atoms with Gasteiger partial charge >= 0.3 is 0 Å². The van der Waals surface area contributed by atoms with Gasteiger partial charge in [-0.3, -0.25) is 10.1 Å². The van der Waals surface area contributed by atoms with Gasteiger partial charge in [-0.25, -0.2) is 9.50 Å². The molecule has 0 aliphatic heterocycles. The van der Waals surface area contributed by atoms with Crippen molar-refractivity contribution in [2.24, 2.45) is 0 Å². The molecule has 1 aromatic carbocycles. The maximum Gasteiger partial charge on any atom is 0.292 e. The molecule has 2 aromatic heterocycles. The molecule has 0 unspecified atom stereocenters. The highest BCUT2D eigenvalue weighted by Gasteiger charge is 2.15. The predicted octanol–water partition coefficient (Wildman–Crippen LogP) is 2.65. The van der Waals surface area contributed by atoms with Crippen LogP contribution in [0.5, 0.6) is 0 Å². The van der Waals surface area contributed by atoms with E-state index in [2.05, 4.69) is 26.0 Å². The molecule has 100 valence electrons. The van der Waals surface area contributed by atoms with E-state index in [9.17, 15) is 10.1 Å². The Hall–Kier alpha value is -2.48. The Kier molecular flexibility index (Phi) is 2.87. The number of halogens is 1. The van der Waals surface area contributed by atoms with Crippen molar-refractivity contribution >= 4 is 33.0 Å². The van der Waals surface area contributed by atoms with E-state index in [4.69, 9.17) is 5.73 Å². The first-order chi connectivity index (χ1) is 9.56. The highest BCUT2D eigenvalue weighted by molar-refractivity contribution is 9.10. The molecule has 0 bridgehead atoms. The highest BCUT2D eigenvalue weighted by atomic mass is 79.9. The quantitative estimate of drug-likeness (QED) is 0.441. The van der Waals surface area contributed by atoms with Gasteiger partial charge in [-0.1, -0.05) is 12.1 Å². The molecule has 0 amide bonds. The van der Waals surface area contributed by atoms with E-state index in [0.717, 1.165) is 0 Å². The number of fused-ring (bicyclic) bond motifs is 1. The molecular weight excluding hydrogens is 326 g/mol. The number of nitro groups is 1. The van der Waals surface area contributed by atoms with Gasteiger partial charge in [0.05, 0.1) is 10.6 Å². The molecule has 0 saturated heterocycles. The zero-order chi connectivity index (χ0) is 14.3. The Balaban J connectivity index is 2.25. The Morgan fingerprint density at radius 3 is 2.85 bits per heavy atom. The lowest BCUT2D eigenvalue weighted by atomic mass is 10.1. The summed E-state index contributed by atoms with van der Waals surface area (Å²) in [5.74, 6) is 0.